The predicted molar refractivity (Wildman–Crippen MR) is 43.1 cm³/mol. The number of nitrogens with two attached hydrogens (primary N) is 1. The van der Waals surface area contributed by atoms with Crippen LogP contribution < -0.4 is 5.73 Å². The van der Waals surface area contributed by atoms with Gasteiger partial charge in [-0.15, -0.1) is 0 Å². The first-order valence-corrected chi connectivity index (χ1v) is 3.60. The van der Waals surface area contributed by atoms with Gasteiger partial charge in [0.1, 0.15) is 11.7 Å². The second-order valence-electron chi connectivity index (χ2n) is 2.56. The van der Waals surface area contributed by atoms with Crippen LogP contribution in [-0.2, 0) is 4.79 Å². The summed E-state index contributed by atoms with van der Waals surface area (Å²) in [5.41, 5.74) is 5.00. The maximum Gasteiger partial charge on any atom is 0.328 e. The fourth-order valence-corrected chi connectivity index (χ4v) is 0.798. The fraction of sp³-hybridized carbons (Fsp3) is 0.286. The smallest absolute Gasteiger partial charge is 0.328 e. The molecule has 3 N–H and O–H groups in total. The lowest BCUT2D eigenvalue weighted by atomic mass is 10.4. The molecule has 1 aromatic heterocycles. The zero-order valence-corrected chi connectivity index (χ0v) is 6.97. The van der Waals surface area contributed by atoms with E-state index in [1.165, 1.54) is 23.9 Å². The molecule has 0 saturated heterocycles. The molecule has 0 aliphatic heterocycles. The Morgan fingerprint density at radius 3 is 2.69 bits per heavy atom. The van der Waals surface area contributed by atoms with E-state index >= 15 is 0 Å². The molecule has 0 aromatic carbocycles. The van der Waals surface area contributed by atoms with Crippen LogP contribution >= 0.6 is 0 Å². The van der Waals surface area contributed by atoms with Crippen molar-refractivity contribution in [2.45, 2.75) is 13.0 Å². The Morgan fingerprint density at radius 1 is 1.69 bits per heavy atom. The van der Waals surface area contributed by atoms with E-state index in [0.29, 0.717) is 0 Å². The minimum atomic E-state index is -1.01. The fourth-order valence-electron chi connectivity index (χ4n) is 0.798. The van der Waals surface area contributed by atoms with Gasteiger partial charge in [-0.05, 0) is 13.0 Å². The van der Waals surface area contributed by atoms with Crippen LogP contribution in [-0.4, -0.2) is 26.8 Å². The van der Waals surface area contributed by atoms with Gasteiger partial charge in [-0.1, -0.05) is 0 Å². The highest BCUT2D eigenvalue weighted by atomic mass is 16.4. The van der Waals surface area contributed by atoms with Crippen LogP contribution in [0, 0.1) is 0 Å². The molecular weight excluding hydrogens is 174 g/mol. The molecule has 13 heavy (non-hydrogen) atoms. The molecule has 6 nitrogen and oxygen atoms in total. The highest BCUT2D eigenvalue weighted by molar-refractivity contribution is 5.90. The molecular formula is C7H9N3O3. The summed E-state index contributed by atoms with van der Waals surface area (Å²) in [5, 5.41) is 12.3. The Hall–Kier alpha value is -1.85. The number of hydrogen-bond acceptors (Lipinski definition) is 3. The number of carbonyl (C=O) groups excluding carboxylic acids is 1. The third kappa shape index (κ3) is 1.84. The van der Waals surface area contributed by atoms with Crippen LogP contribution in [0.3, 0.4) is 0 Å². The van der Waals surface area contributed by atoms with Crippen LogP contribution in [0.2, 0.25) is 0 Å². The molecule has 1 aromatic rings. The molecule has 0 radical (unpaired) electrons. The molecule has 1 heterocycles. The van der Waals surface area contributed by atoms with E-state index in [1.807, 2.05) is 0 Å². The number of carboxylic acid groups (broad SMARTS) is 1. The number of aromatic nitrogens is 2. The highest BCUT2D eigenvalue weighted by Crippen LogP contribution is 2.04. The molecule has 0 saturated carbocycles. The van der Waals surface area contributed by atoms with Gasteiger partial charge in [0.15, 0.2) is 0 Å². The average Bonchev–Trinajstić information content (AvgIpc) is 2.50. The van der Waals surface area contributed by atoms with E-state index in [1.54, 1.807) is 0 Å². The number of aliphatic carboxylic acids is 1. The van der Waals surface area contributed by atoms with Crippen LogP contribution in [0.5, 0.6) is 0 Å². The molecule has 0 spiro atoms. The number of nitrogens with zero attached hydrogens (tertiary/aromatic N) is 2. The molecule has 0 aliphatic carbocycles. The predicted octanol–water partition coefficient (Wildman–Crippen LogP) is -0.372. The summed E-state index contributed by atoms with van der Waals surface area (Å²) in [7, 11) is 0. The number of carboxylic acids is 1. The van der Waals surface area contributed by atoms with E-state index in [2.05, 4.69) is 5.10 Å². The largest absolute Gasteiger partial charge is 0.480 e. The number of primary amides is 1. The van der Waals surface area contributed by atoms with Gasteiger partial charge in [-0.3, -0.25) is 9.48 Å². The summed E-state index contributed by atoms with van der Waals surface area (Å²) in [6.07, 6.45) is 1.40. The highest BCUT2D eigenvalue weighted by Gasteiger charge is 2.15. The minimum absolute atomic E-state index is 0.0631. The van der Waals surface area contributed by atoms with Gasteiger partial charge >= 0.3 is 5.97 Å². The van der Waals surface area contributed by atoms with Crippen LogP contribution in [0.25, 0.3) is 0 Å². The molecule has 6 heteroatoms. The number of carbonyl (C=O) groups is 2. The lowest BCUT2D eigenvalue weighted by molar-refractivity contribution is -0.140. The SMILES string of the molecule is C[C@H](C(=O)O)n1ccc(C(N)=O)n1. The number of rotatable bonds is 3. The topological polar surface area (TPSA) is 98.2 Å². The van der Waals surface area contributed by atoms with Crippen molar-refractivity contribution in [3.05, 3.63) is 18.0 Å². The first kappa shape index (κ1) is 9.24. The normalized spacial score (nSPS) is 12.4. The average molecular weight is 183 g/mol. The molecule has 0 aliphatic rings. The lowest BCUT2D eigenvalue weighted by Gasteiger charge is -2.04. The van der Waals surface area contributed by atoms with Gasteiger partial charge in [0, 0.05) is 6.20 Å². The zero-order chi connectivity index (χ0) is 10.0. The standard InChI is InChI=1S/C7H9N3O3/c1-4(7(12)13)10-3-2-5(9-10)6(8)11/h2-4H,1H3,(H2,8,11)(H,12,13)/t4-/m1/s1. The lowest BCUT2D eigenvalue weighted by Crippen LogP contribution is -2.18. The molecule has 0 unspecified atom stereocenters. The van der Waals surface area contributed by atoms with Crippen molar-refractivity contribution >= 4 is 11.9 Å². The van der Waals surface area contributed by atoms with Crippen molar-refractivity contribution in [2.24, 2.45) is 5.73 Å². The van der Waals surface area contributed by atoms with Gasteiger partial charge in [0.2, 0.25) is 0 Å². The molecule has 1 atom stereocenters. The Bertz CT molecular complexity index is 345. The van der Waals surface area contributed by atoms with E-state index < -0.39 is 17.9 Å². The van der Waals surface area contributed by atoms with Crippen molar-refractivity contribution in [1.82, 2.24) is 9.78 Å². The maximum absolute atomic E-state index is 10.6. The van der Waals surface area contributed by atoms with Gasteiger partial charge in [0.05, 0.1) is 0 Å². The number of amides is 1. The molecule has 1 rings (SSSR count). The first-order valence-electron chi connectivity index (χ1n) is 3.60. The van der Waals surface area contributed by atoms with Gasteiger partial charge in [-0.25, -0.2) is 4.79 Å². The van der Waals surface area contributed by atoms with Crippen molar-refractivity contribution in [3.63, 3.8) is 0 Å². The molecule has 1 amide bonds. The van der Waals surface area contributed by atoms with E-state index in [9.17, 15) is 9.59 Å². The van der Waals surface area contributed by atoms with E-state index in [4.69, 9.17) is 10.8 Å². The quantitative estimate of drug-likeness (QED) is 0.667. The molecule has 0 bridgehead atoms. The second kappa shape index (κ2) is 3.26. The Morgan fingerprint density at radius 2 is 2.31 bits per heavy atom. The molecule has 70 valence electrons. The Labute approximate surface area is 74.0 Å². The Balaban J connectivity index is 2.91. The van der Waals surface area contributed by atoms with Crippen molar-refractivity contribution in [2.75, 3.05) is 0 Å². The Kier molecular flexibility index (Phi) is 2.32. The summed E-state index contributed by atoms with van der Waals surface area (Å²) in [4.78, 5) is 21.1. The summed E-state index contributed by atoms with van der Waals surface area (Å²) in [5.74, 6) is -1.68. The molecule has 0 fully saturated rings. The maximum atomic E-state index is 10.6. The van der Waals surface area contributed by atoms with Crippen LogP contribution in [0.4, 0.5) is 0 Å². The zero-order valence-electron chi connectivity index (χ0n) is 6.97. The summed E-state index contributed by atoms with van der Waals surface area (Å²) in [6.45, 7) is 1.46. The summed E-state index contributed by atoms with van der Waals surface area (Å²) >= 11 is 0. The van der Waals surface area contributed by atoms with E-state index in [0.717, 1.165) is 0 Å². The van der Waals surface area contributed by atoms with Gasteiger partial charge in [-0.2, -0.15) is 5.10 Å². The van der Waals surface area contributed by atoms with Gasteiger partial charge in [0.25, 0.3) is 5.91 Å². The van der Waals surface area contributed by atoms with Crippen molar-refractivity contribution in [1.29, 1.82) is 0 Å². The summed E-state index contributed by atoms with van der Waals surface area (Å²) < 4.78 is 1.17. The summed E-state index contributed by atoms with van der Waals surface area (Å²) in [6, 6.07) is 0.579. The second-order valence-corrected chi connectivity index (χ2v) is 2.56. The monoisotopic (exact) mass is 183 g/mol. The van der Waals surface area contributed by atoms with Crippen molar-refractivity contribution in [3.8, 4) is 0 Å². The number of hydrogen-bond donors (Lipinski definition) is 2. The van der Waals surface area contributed by atoms with Crippen LogP contribution in [0.15, 0.2) is 12.3 Å². The third-order valence-electron chi connectivity index (χ3n) is 1.61. The minimum Gasteiger partial charge on any atom is -0.480 e. The van der Waals surface area contributed by atoms with Crippen molar-refractivity contribution < 1.29 is 14.7 Å². The van der Waals surface area contributed by atoms with Gasteiger partial charge < -0.3 is 10.8 Å². The first-order chi connectivity index (χ1) is 6.02. The third-order valence-corrected chi connectivity index (χ3v) is 1.61. The van der Waals surface area contributed by atoms with Crippen LogP contribution in [0.1, 0.15) is 23.5 Å². The van der Waals surface area contributed by atoms with E-state index in [-0.39, 0.29) is 5.69 Å².